The van der Waals surface area contributed by atoms with Gasteiger partial charge in [-0.1, -0.05) is 43.2 Å². The van der Waals surface area contributed by atoms with E-state index in [2.05, 4.69) is 9.62 Å². The fourth-order valence-electron chi connectivity index (χ4n) is 4.53. The van der Waals surface area contributed by atoms with E-state index in [9.17, 15) is 13.2 Å². The van der Waals surface area contributed by atoms with Crippen LogP contribution in [0.25, 0.3) is 0 Å². The van der Waals surface area contributed by atoms with Crippen molar-refractivity contribution in [2.45, 2.75) is 56.7 Å². The molecule has 27 heavy (non-hydrogen) atoms. The lowest BCUT2D eigenvalue weighted by Crippen LogP contribution is -2.55. The van der Waals surface area contributed by atoms with Gasteiger partial charge in [0.1, 0.15) is 6.04 Å². The van der Waals surface area contributed by atoms with Crippen molar-refractivity contribution in [3.8, 4) is 0 Å². The van der Waals surface area contributed by atoms with E-state index >= 15 is 0 Å². The van der Waals surface area contributed by atoms with E-state index in [-0.39, 0.29) is 11.9 Å². The average Bonchev–Trinajstić information content (AvgIpc) is 3.19. The molecule has 0 spiro atoms. The van der Waals surface area contributed by atoms with Crippen LogP contribution in [0.1, 0.15) is 50.1 Å². The number of nitrogens with one attached hydrogen (secondary N) is 1. The molecule has 1 heterocycles. The Morgan fingerprint density at radius 3 is 2.37 bits per heavy atom. The lowest BCUT2D eigenvalue weighted by atomic mass is 9.88. The van der Waals surface area contributed by atoms with Crippen LogP contribution in [0.15, 0.2) is 30.3 Å². The van der Waals surface area contributed by atoms with Crippen LogP contribution in [0, 0.1) is 0 Å². The molecule has 3 unspecified atom stereocenters. The summed E-state index contributed by atoms with van der Waals surface area (Å²) < 4.78 is 26.3. The van der Waals surface area contributed by atoms with Crippen molar-refractivity contribution < 1.29 is 13.2 Å². The van der Waals surface area contributed by atoms with Crippen LogP contribution in [-0.2, 0) is 14.8 Å². The normalized spacial score (nSPS) is 25.3. The van der Waals surface area contributed by atoms with Gasteiger partial charge in [-0.3, -0.25) is 9.69 Å². The molecule has 6 nitrogen and oxygen atoms in total. The van der Waals surface area contributed by atoms with Gasteiger partial charge in [0.2, 0.25) is 15.9 Å². The van der Waals surface area contributed by atoms with Crippen molar-refractivity contribution in [2.75, 3.05) is 26.4 Å². The van der Waals surface area contributed by atoms with Crippen molar-refractivity contribution in [1.29, 1.82) is 0 Å². The minimum atomic E-state index is -3.52. The first-order valence-corrected chi connectivity index (χ1v) is 11.8. The molecule has 2 aliphatic rings. The highest BCUT2D eigenvalue weighted by Gasteiger charge is 2.38. The number of carbonyl (C=O) groups excluding carboxylic acids is 1. The number of amides is 1. The predicted octanol–water partition coefficient (Wildman–Crippen LogP) is 2.14. The first kappa shape index (κ1) is 20.3. The molecule has 1 aromatic rings. The van der Waals surface area contributed by atoms with Crippen LogP contribution in [0.5, 0.6) is 0 Å². The fraction of sp³-hybridized carbons (Fsp3) is 0.650. The van der Waals surface area contributed by atoms with Gasteiger partial charge in [-0.25, -0.2) is 8.42 Å². The van der Waals surface area contributed by atoms with Gasteiger partial charge in [-0.05, 0) is 44.3 Å². The summed E-state index contributed by atoms with van der Waals surface area (Å²) in [5.41, 5.74) is 0.674. The zero-order valence-corrected chi connectivity index (χ0v) is 17.1. The van der Waals surface area contributed by atoms with E-state index < -0.39 is 16.1 Å². The molecule has 0 bridgehead atoms. The molecule has 1 aromatic carbocycles. The number of hydrogen-bond acceptors (Lipinski definition) is 4. The molecule has 7 heteroatoms. The number of likely N-dealkylation sites (tertiary alicyclic amines) is 1. The standard InChI is InChI=1S/C20H31N3O3S/c1-22(17-12-6-7-13-18(17)23-14-8-9-15-23)20(24)19(21-27(2,25)26)16-10-4-3-5-11-16/h3-5,10-11,17-19,21H,6-9,12-15H2,1-2H3. The van der Waals surface area contributed by atoms with E-state index in [0.717, 1.165) is 38.6 Å². The van der Waals surface area contributed by atoms with Crippen LogP contribution < -0.4 is 4.72 Å². The molecule has 3 rings (SSSR count). The van der Waals surface area contributed by atoms with Crippen molar-refractivity contribution in [3.05, 3.63) is 35.9 Å². The Labute approximate surface area is 163 Å². The van der Waals surface area contributed by atoms with Crippen molar-refractivity contribution in [1.82, 2.24) is 14.5 Å². The van der Waals surface area contributed by atoms with Crippen LogP contribution in [0.4, 0.5) is 0 Å². The zero-order chi connectivity index (χ0) is 19.4. The Morgan fingerprint density at radius 2 is 1.74 bits per heavy atom. The highest BCUT2D eigenvalue weighted by atomic mass is 32.2. The second-order valence-corrected chi connectivity index (χ2v) is 9.63. The maximum absolute atomic E-state index is 13.4. The third-order valence-corrected chi connectivity index (χ3v) is 6.52. The summed E-state index contributed by atoms with van der Waals surface area (Å²) in [5, 5.41) is 0. The average molecular weight is 394 g/mol. The number of sulfonamides is 1. The van der Waals surface area contributed by atoms with Gasteiger partial charge in [-0.15, -0.1) is 0 Å². The Bertz CT molecular complexity index is 732. The topological polar surface area (TPSA) is 69.7 Å². The zero-order valence-electron chi connectivity index (χ0n) is 16.3. The molecule has 150 valence electrons. The van der Waals surface area contributed by atoms with Gasteiger partial charge in [0.25, 0.3) is 0 Å². The molecule has 1 saturated heterocycles. The second-order valence-electron chi connectivity index (χ2n) is 7.85. The SMILES string of the molecule is CN(C(=O)C(NS(C)(=O)=O)c1ccccc1)C1CCCCC1N1CCCC1. The van der Waals surface area contributed by atoms with Crippen LogP contribution in [0.2, 0.25) is 0 Å². The highest BCUT2D eigenvalue weighted by Crippen LogP contribution is 2.30. The molecule has 0 aromatic heterocycles. The second kappa shape index (κ2) is 8.71. The molecule has 0 radical (unpaired) electrons. The number of nitrogens with zero attached hydrogens (tertiary/aromatic N) is 2. The monoisotopic (exact) mass is 393 g/mol. The quantitative estimate of drug-likeness (QED) is 0.804. The maximum Gasteiger partial charge on any atom is 0.245 e. The fourth-order valence-corrected chi connectivity index (χ4v) is 5.20. The van der Waals surface area contributed by atoms with Gasteiger partial charge >= 0.3 is 0 Å². The summed E-state index contributed by atoms with van der Waals surface area (Å²) in [7, 11) is -1.68. The summed E-state index contributed by atoms with van der Waals surface area (Å²) >= 11 is 0. The summed E-state index contributed by atoms with van der Waals surface area (Å²) in [6.07, 6.45) is 7.95. The van der Waals surface area contributed by atoms with Crippen LogP contribution in [0.3, 0.4) is 0 Å². The minimum Gasteiger partial charge on any atom is -0.340 e. The summed E-state index contributed by atoms with van der Waals surface area (Å²) in [6, 6.07) is 8.75. The lowest BCUT2D eigenvalue weighted by Gasteiger charge is -2.43. The van der Waals surface area contributed by atoms with Crippen LogP contribution >= 0.6 is 0 Å². The van der Waals surface area contributed by atoms with Gasteiger partial charge < -0.3 is 4.90 Å². The van der Waals surface area contributed by atoms with E-state index in [1.54, 1.807) is 17.0 Å². The summed E-state index contributed by atoms with van der Waals surface area (Å²) in [5.74, 6) is -0.178. The molecule has 1 aliphatic heterocycles. The van der Waals surface area contributed by atoms with E-state index in [1.165, 1.54) is 19.3 Å². The van der Waals surface area contributed by atoms with E-state index in [4.69, 9.17) is 0 Å². The van der Waals surface area contributed by atoms with Crippen molar-refractivity contribution in [3.63, 3.8) is 0 Å². The maximum atomic E-state index is 13.4. The predicted molar refractivity (Wildman–Crippen MR) is 107 cm³/mol. The number of benzene rings is 1. The first-order chi connectivity index (χ1) is 12.9. The van der Waals surface area contributed by atoms with Gasteiger partial charge in [0.05, 0.1) is 6.26 Å². The van der Waals surface area contributed by atoms with Crippen LogP contribution in [-0.4, -0.2) is 62.6 Å². The van der Waals surface area contributed by atoms with Gasteiger partial charge in [-0.2, -0.15) is 4.72 Å². The third-order valence-electron chi connectivity index (χ3n) is 5.86. The molecule has 1 N–H and O–H groups in total. The summed E-state index contributed by atoms with van der Waals surface area (Å²) in [4.78, 5) is 17.7. The van der Waals surface area contributed by atoms with Crippen molar-refractivity contribution in [2.24, 2.45) is 0 Å². The Morgan fingerprint density at radius 1 is 1.11 bits per heavy atom. The number of hydrogen-bond donors (Lipinski definition) is 1. The number of carbonyl (C=O) groups is 1. The summed E-state index contributed by atoms with van der Waals surface area (Å²) in [6.45, 7) is 2.21. The smallest absolute Gasteiger partial charge is 0.245 e. The van der Waals surface area contributed by atoms with E-state index in [1.807, 2.05) is 25.2 Å². The largest absolute Gasteiger partial charge is 0.340 e. The molecule has 1 aliphatic carbocycles. The van der Waals surface area contributed by atoms with E-state index in [0.29, 0.717) is 11.6 Å². The molecule has 2 fully saturated rings. The molecule has 1 saturated carbocycles. The Hall–Kier alpha value is -1.44. The minimum absolute atomic E-state index is 0.136. The highest BCUT2D eigenvalue weighted by molar-refractivity contribution is 7.88. The lowest BCUT2D eigenvalue weighted by molar-refractivity contribution is -0.136. The number of likely N-dealkylation sites (N-methyl/N-ethyl adjacent to an activating group) is 1. The molecular formula is C20H31N3O3S. The number of rotatable bonds is 6. The Kier molecular flexibility index (Phi) is 6.55. The van der Waals surface area contributed by atoms with Gasteiger partial charge in [0.15, 0.2) is 0 Å². The molecule has 1 amide bonds. The molecule has 3 atom stereocenters. The third kappa shape index (κ3) is 5.09. The Balaban J connectivity index is 1.83. The van der Waals surface area contributed by atoms with Gasteiger partial charge in [0, 0.05) is 19.1 Å². The van der Waals surface area contributed by atoms with Crippen molar-refractivity contribution >= 4 is 15.9 Å². The first-order valence-electron chi connectivity index (χ1n) is 9.90. The molecular weight excluding hydrogens is 362 g/mol.